The molecular formula is C20H22NO5-. The van der Waals surface area contributed by atoms with E-state index in [4.69, 9.17) is 9.47 Å². The maximum absolute atomic E-state index is 12.4. The average Bonchev–Trinajstić information content (AvgIpc) is 2.62. The SMILES string of the molecule is CCOc1ccc([C@H](CC(=O)[O-])NC(=O)[C@@H](C)Oc2ccccc2)cc1. The lowest BCUT2D eigenvalue weighted by Crippen LogP contribution is -2.40. The molecule has 26 heavy (non-hydrogen) atoms. The van der Waals surface area contributed by atoms with Crippen molar-refractivity contribution in [3.8, 4) is 11.5 Å². The third kappa shape index (κ3) is 5.81. The standard InChI is InChI=1S/C20H23NO5/c1-3-25-16-11-9-15(10-12-16)18(13-19(22)23)21-20(24)14(2)26-17-7-5-4-6-8-17/h4-12,14,18H,3,13H2,1-2H3,(H,21,24)(H,22,23)/p-1/t14-,18+/m1/s1. The lowest BCUT2D eigenvalue weighted by Gasteiger charge is -2.22. The number of carbonyl (C=O) groups is 2. The first-order valence-corrected chi connectivity index (χ1v) is 8.44. The number of hydrogen-bond acceptors (Lipinski definition) is 5. The van der Waals surface area contributed by atoms with Crippen LogP contribution < -0.4 is 19.9 Å². The van der Waals surface area contributed by atoms with Crippen molar-refractivity contribution >= 4 is 11.9 Å². The summed E-state index contributed by atoms with van der Waals surface area (Å²) in [7, 11) is 0. The molecule has 0 radical (unpaired) electrons. The van der Waals surface area contributed by atoms with Crippen LogP contribution in [0.1, 0.15) is 31.9 Å². The summed E-state index contributed by atoms with van der Waals surface area (Å²) in [5.41, 5.74) is 0.651. The van der Waals surface area contributed by atoms with Crippen LogP contribution in [0.2, 0.25) is 0 Å². The maximum atomic E-state index is 12.4. The van der Waals surface area contributed by atoms with E-state index < -0.39 is 24.0 Å². The molecule has 1 amide bonds. The number of para-hydroxylation sites is 1. The number of amides is 1. The minimum Gasteiger partial charge on any atom is -0.550 e. The normalized spacial score (nSPS) is 12.7. The Hall–Kier alpha value is -3.02. The van der Waals surface area contributed by atoms with Crippen LogP contribution in [0.15, 0.2) is 54.6 Å². The number of rotatable bonds is 9. The first kappa shape index (κ1) is 19.3. The third-order valence-electron chi connectivity index (χ3n) is 3.71. The highest BCUT2D eigenvalue weighted by Crippen LogP contribution is 2.21. The summed E-state index contributed by atoms with van der Waals surface area (Å²) in [6, 6.07) is 15.1. The summed E-state index contributed by atoms with van der Waals surface area (Å²) in [5.74, 6) is -0.418. The van der Waals surface area contributed by atoms with Gasteiger partial charge < -0.3 is 24.7 Å². The predicted molar refractivity (Wildman–Crippen MR) is 94.7 cm³/mol. The number of aliphatic carboxylic acids is 1. The Morgan fingerprint density at radius 2 is 1.69 bits per heavy atom. The molecule has 2 rings (SSSR count). The van der Waals surface area contributed by atoms with Gasteiger partial charge in [0.25, 0.3) is 5.91 Å². The summed E-state index contributed by atoms with van der Waals surface area (Å²) in [5, 5.41) is 13.8. The molecule has 0 aliphatic heterocycles. The van der Waals surface area contributed by atoms with Gasteiger partial charge in [0.15, 0.2) is 6.10 Å². The molecule has 2 aromatic carbocycles. The largest absolute Gasteiger partial charge is 0.550 e. The molecule has 0 unspecified atom stereocenters. The first-order chi connectivity index (χ1) is 12.5. The molecule has 0 bridgehead atoms. The van der Waals surface area contributed by atoms with Crippen LogP contribution in [0.25, 0.3) is 0 Å². The summed E-state index contributed by atoms with van der Waals surface area (Å²) in [4.78, 5) is 23.5. The van der Waals surface area contributed by atoms with Gasteiger partial charge in [0.1, 0.15) is 11.5 Å². The number of ether oxygens (including phenoxy) is 2. The Bertz CT molecular complexity index is 715. The van der Waals surface area contributed by atoms with Gasteiger partial charge in [-0.2, -0.15) is 0 Å². The molecule has 1 N–H and O–H groups in total. The minimum absolute atomic E-state index is 0.336. The van der Waals surface area contributed by atoms with Crippen molar-refractivity contribution in [2.75, 3.05) is 6.61 Å². The molecule has 0 heterocycles. The van der Waals surface area contributed by atoms with Crippen molar-refractivity contribution in [2.45, 2.75) is 32.4 Å². The van der Waals surface area contributed by atoms with Gasteiger partial charge in [-0.25, -0.2) is 0 Å². The average molecular weight is 356 g/mol. The van der Waals surface area contributed by atoms with Gasteiger partial charge in [-0.1, -0.05) is 30.3 Å². The molecule has 0 aliphatic carbocycles. The zero-order chi connectivity index (χ0) is 18.9. The predicted octanol–water partition coefficient (Wildman–Crippen LogP) is 1.85. The fraction of sp³-hybridized carbons (Fsp3) is 0.300. The van der Waals surface area contributed by atoms with Crippen LogP contribution in [0, 0.1) is 0 Å². The van der Waals surface area contributed by atoms with E-state index in [0.717, 1.165) is 0 Å². The van der Waals surface area contributed by atoms with Gasteiger partial charge in [-0.3, -0.25) is 4.79 Å². The van der Waals surface area contributed by atoms with Gasteiger partial charge in [-0.05, 0) is 43.7 Å². The molecule has 2 aromatic rings. The van der Waals surface area contributed by atoms with E-state index in [1.165, 1.54) is 0 Å². The van der Waals surface area contributed by atoms with Crippen LogP contribution >= 0.6 is 0 Å². The number of carboxylic acids is 1. The van der Waals surface area contributed by atoms with E-state index in [0.29, 0.717) is 23.7 Å². The number of carbonyl (C=O) groups excluding carboxylic acids is 2. The van der Waals surface area contributed by atoms with Crippen molar-refractivity contribution < 1.29 is 24.2 Å². The molecule has 0 spiro atoms. The summed E-state index contributed by atoms with van der Waals surface area (Å²) in [6.07, 6.45) is -1.11. The van der Waals surface area contributed by atoms with Crippen molar-refractivity contribution in [1.82, 2.24) is 5.32 Å². The Balaban J connectivity index is 2.06. The van der Waals surface area contributed by atoms with Crippen LogP contribution in [0.5, 0.6) is 11.5 Å². The molecule has 0 saturated heterocycles. The number of nitrogens with one attached hydrogen (secondary N) is 1. The summed E-state index contributed by atoms with van der Waals surface area (Å²) in [6.45, 7) is 4.02. The summed E-state index contributed by atoms with van der Waals surface area (Å²) >= 11 is 0. The Morgan fingerprint density at radius 3 is 2.27 bits per heavy atom. The lowest BCUT2D eigenvalue weighted by atomic mass is 10.0. The van der Waals surface area contributed by atoms with Crippen LogP contribution in [0.3, 0.4) is 0 Å². The smallest absolute Gasteiger partial charge is 0.261 e. The number of carboxylic acid groups (broad SMARTS) is 1. The van der Waals surface area contributed by atoms with Crippen molar-refractivity contribution in [3.05, 3.63) is 60.2 Å². The minimum atomic E-state index is -1.25. The summed E-state index contributed by atoms with van der Waals surface area (Å²) < 4.78 is 10.9. The van der Waals surface area contributed by atoms with E-state index in [1.54, 1.807) is 55.5 Å². The number of hydrogen-bond donors (Lipinski definition) is 1. The molecule has 0 aromatic heterocycles. The molecule has 6 heteroatoms. The highest BCUT2D eigenvalue weighted by atomic mass is 16.5. The Labute approximate surface area is 152 Å². The zero-order valence-electron chi connectivity index (χ0n) is 14.8. The van der Waals surface area contributed by atoms with Crippen molar-refractivity contribution in [2.24, 2.45) is 0 Å². The Kier molecular flexibility index (Phi) is 7.02. The van der Waals surface area contributed by atoms with Crippen LogP contribution in [-0.4, -0.2) is 24.6 Å². The monoisotopic (exact) mass is 356 g/mol. The highest BCUT2D eigenvalue weighted by molar-refractivity contribution is 5.81. The lowest BCUT2D eigenvalue weighted by molar-refractivity contribution is -0.306. The van der Waals surface area contributed by atoms with E-state index in [-0.39, 0.29) is 6.42 Å². The second kappa shape index (κ2) is 9.46. The number of benzene rings is 2. The first-order valence-electron chi connectivity index (χ1n) is 8.44. The quantitative estimate of drug-likeness (QED) is 0.741. The van der Waals surface area contributed by atoms with E-state index in [2.05, 4.69) is 5.32 Å². The third-order valence-corrected chi connectivity index (χ3v) is 3.71. The van der Waals surface area contributed by atoms with E-state index in [9.17, 15) is 14.7 Å². The van der Waals surface area contributed by atoms with E-state index >= 15 is 0 Å². The molecular weight excluding hydrogens is 334 g/mol. The van der Waals surface area contributed by atoms with Gasteiger partial charge in [0, 0.05) is 12.4 Å². The molecule has 0 aliphatic rings. The molecule has 138 valence electrons. The molecule has 6 nitrogen and oxygen atoms in total. The van der Waals surface area contributed by atoms with Gasteiger partial charge >= 0.3 is 0 Å². The zero-order valence-corrected chi connectivity index (χ0v) is 14.8. The Morgan fingerprint density at radius 1 is 1.04 bits per heavy atom. The van der Waals surface area contributed by atoms with Crippen molar-refractivity contribution in [3.63, 3.8) is 0 Å². The van der Waals surface area contributed by atoms with Gasteiger partial charge in [0.05, 0.1) is 12.6 Å². The fourth-order valence-electron chi connectivity index (χ4n) is 2.43. The second-order valence-corrected chi connectivity index (χ2v) is 5.71. The maximum Gasteiger partial charge on any atom is 0.261 e. The van der Waals surface area contributed by atoms with Crippen LogP contribution in [-0.2, 0) is 9.59 Å². The fourth-order valence-corrected chi connectivity index (χ4v) is 2.43. The van der Waals surface area contributed by atoms with E-state index in [1.807, 2.05) is 13.0 Å². The van der Waals surface area contributed by atoms with Gasteiger partial charge in [0.2, 0.25) is 0 Å². The molecule has 0 fully saturated rings. The molecule has 0 saturated carbocycles. The molecule has 2 atom stereocenters. The highest BCUT2D eigenvalue weighted by Gasteiger charge is 2.20. The second-order valence-electron chi connectivity index (χ2n) is 5.71. The van der Waals surface area contributed by atoms with Crippen molar-refractivity contribution in [1.29, 1.82) is 0 Å². The van der Waals surface area contributed by atoms with Gasteiger partial charge in [-0.15, -0.1) is 0 Å². The topological polar surface area (TPSA) is 87.7 Å². The van der Waals surface area contributed by atoms with Crippen LogP contribution in [0.4, 0.5) is 0 Å².